The lowest BCUT2D eigenvalue weighted by Crippen LogP contribution is -2.49. The van der Waals surface area contributed by atoms with Gasteiger partial charge < -0.3 is 9.67 Å². The van der Waals surface area contributed by atoms with Gasteiger partial charge >= 0.3 is 0 Å². The first-order valence-electron chi connectivity index (χ1n) is 7.07. The third-order valence-corrected chi connectivity index (χ3v) is 4.47. The summed E-state index contributed by atoms with van der Waals surface area (Å²) in [5.74, 6) is 0.800. The molecule has 1 saturated heterocycles. The highest BCUT2D eigenvalue weighted by Crippen LogP contribution is 2.35. The maximum Gasteiger partial charge on any atom is 0.139 e. The van der Waals surface area contributed by atoms with Crippen LogP contribution in [0.1, 0.15) is 52.0 Å². The summed E-state index contributed by atoms with van der Waals surface area (Å²) in [6, 6.07) is 0. The highest BCUT2D eigenvalue weighted by Gasteiger charge is 2.41. The van der Waals surface area contributed by atoms with E-state index in [4.69, 9.17) is 0 Å². The first-order valence-corrected chi connectivity index (χ1v) is 7.07. The van der Waals surface area contributed by atoms with E-state index in [1.807, 2.05) is 10.8 Å². The van der Waals surface area contributed by atoms with E-state index < -0.39 is 6.10 Å². The van der Waals surface area contributed by atoms with Gasteiger partial charge in [0.05, 0.1) is 5.54 Å². The van der Waals surface area contributed by atoms with E-state index in [0.717, 1.165) is 31.9 Å². The largest absolute Gasteiger partial charge is 0.383 e. The Hall–Kier alpha value is -0.870. The molecule has 1 aromatic rings. The third kappa shape index (κ3) is 2.19. The summed E-state index contributed by atoms with van der Waals surface area (Å²) in [5.41, 5.74) is -0.200. The van der Waals surface area contributed by atoms with Crippen molar-refractivity contribution in [2.75, 3.05) is 13.1 Å². The van der Waals surface area contributed by atoms with Crippen molar-refractivity contribution in [1.82, 2.24) is 14.5 Å². The summed E-state index contributed by atoms with van der Waals surface area (Å²) in [4.78, 5) is 6.78. The first-order chi connectivity index (χ1) is 8.63. The van der Waals surface area contributed by atoms with Crippen molar-refractivity contribution in [1.29, 1.82) is 0 Å². The van der Waals surface area contributed by atoms with Crippen LogP contribution >= 0.6 is 0 Å². The predicted octanol–water partition coefficient (Wildman–Crippen LogP) is 2.20. The van der Waals surface area contributed by atoms with E-state index in [-0.39, 0.29) is 5.54 Å². The van der Waals surface area contributed by atoms with Gasteiger partial charge in [-0.1, -0.05) is 6.92 Å². The molecule has 102 valence electrons. The van der Waals surface area contributed by atoms with E-state index in [1.165, 1.54) is 12.8 Å². The van der Waals surface area contributed by atoms with Gasteiger partial charge in [0.15, 0.2) is 0 Å². The fourth-order valence-corrected chi connectivity index (χ4v) is 2.93. The molecule has 0 bridgehead atoms. The number of aliphatic hydroxyl groups is 1. The molecule has 0 spiro atoms. The Kier molecular flexibility index (Phi) is 4.07. The van der Waals surface area contributed by atoms with Crippen molar-refractivity contribution >= 4 is 0 Å². The van der Waals surface area contributed by atoms with E-state index >= 15 is 0 Å². The molecule has 0 amide bonds. The van der Waals surface area contributed by atoms with Gasteiger partial charge in [-0.2, -0.15) is 0 Å². The number of hydrogen-bond donors (Lipinski definition) is 1. The van der Waals surface area contributed by atoms with Gasteiger partial charge in [-0.25, -0.2) is 4.98 Å². The highest BCUT2D eigenvalue weighted by atomic mass is 16.3. The minimum absolute atomic E-state index is 0.200. The summed E-state index contributed by atoms with van der Waals surface area (Å²) in [6.07, 6.45) is 6.62. The van der Waals surface area contributed by atoms with Crippen LogP contribution in [0.5, 0.6) is 0 Å². The average Bonchev–Trinajstić information content (AvgIpc) is 3.06. The second-order valence-corrected chi connectivity index (χ2v) is 5.38. The SMILES string of the molecule is CCn1ccnc1C(O)C(C)(CC)N1CCCC1. The van der Waals surface area contributed by atoms with Gasteiger partial charge in [-0.05, 0) is 46.2 Å². The monoisotopic (exact) mass is 251 g/mol. The number of aliphatic hydroxyl groups excluding tert-OH is 1. The van der Waals surface area contributed by atoms with E-state index in [9.17, 15) is 5.11 Å². The fourth-order valence-electron chi connectivity index (χ4n) is 2.93. The Labute approximate surface area is 110 Å². The smallest absolute Gasteiger partial charge is 0.139 e. The number of hydrogen-bond acceptors (Lipinski definition) is 3. The molecule has 18 heavy (non-hydrogen) atoms. The molecule has 1 fully saturated rings. The van der Waals surface area contributed by atoms with E-state index in [0.29, 0.717) is 0 Å². The van der Waals surface area contributed by atoms with Gasteiger partial charge in [-0.15, -0.1) is 0 Å². The number of aryl methyl sites for hydroxylation is 1. The standard InChI is InChI=1S/C14H25N3O/c1-4-14(3,17-9-6-7-10-17)12(18)13-15-8-11-16(13)5-2/h8,11-12,18H,4-7,9-10H2,1-3H3. The lowest BCUT2D eigenvalue weighted by atomic mass is 9.89. The Morgan fingerprint density at radius 2 is 2.06 bits per heavy atom. The molecule has 2 rings (SSSR count). The van der Waals surface area contributed by atoms with Crippen LogP contribution in [-0.4, -0.2) is 38.2 Å². The summed E-state index contributed by atoms with van der Waals surface area (Å²) >= 11 is 0. The lowest BCUT2D eigenvalue weighted by molar-refractivity contribution is -0.0206. The summed E-state index contributed by atoms with van der Waals surface area (Å²) in [6.45, 7) is 9.43. The van der Waals surface area contributed by atoms with Gasteiger partial charge in [0.25, 0.3) is 0 Å². The number of rotatable bonds is 5. The minimum atomic E-state index is -0.518. The summed E-state index contributed by atoms with van der Waals surface area (Å²) in [7, 11) is 0. The number of imidazole rings is 1. The normalized spacial score (nSPS) is 22.0. The molecule has 4 heteroatoms. The van der Waals surface area contributed by atoms with Gasteiger partial charge in [0.1, 0.15) is 11.9 Å². The zero-order chi connectivity index (χ0) is 13.2. The summed E-state index contributed by atoms with van der Waals surface area (Å²) < 4.78 is 2.04. The Balaban J connectivity index is 2.26. The van der Waals surface area contributed by atoms with Crippen LogP contribution in [0.4, 0.5) is 0 Å². The van der Waals surface area contributed by atoms with Gasteiger partial charge in [-0.3, -0.25) is 4.90 Å². The van der Waals surface area contributed by atoms with Crippen molar-refractivity contribution in [3.05, 3.63) is 18.2 Å². The van der Waals surface area contributed by atoms with Crippen molar-refractivity contribution in [3.8, 4) is 0 Å². The highest BCUT2D eigenvalue weighted by molar-refractivity contribution is 5.07. The molecule has 1 N–H and O–H groups in total. The molecular formula is C14H25N3O. The van der Waals surface area contributed by atoms with Crippen molar-refractivity contribution in [2.24, 2.45) is 0 Å². The zero-order valence-electron chi connectivity index (χ0n) is 11.8. The molecule has 0 radical (unpaired) electrons. The Morgan fingerprint density at radius 3 is 2.61 bits per heavy atom. The quantitative estimate of drug-likeness (QED) is 0.872. The van der Waals surface area contributed by atoms with Crippen LogP contribution in [0.25, 0.3) is 0 Å². The van der Waals surface area contributed by atoms with Crippen LogP contribution in [0.15, 0.2) is 12.4 Å². The van der Waals surface area contributed by atoms with Crippen LogP contribution < -0.4 is 0 Å². The molecule has 1 aliphatic rings. The van der Waals surface area contributed by atoms with Crippen LogP contribution in [0, 0.1) is 0 Å². The first kappa shape index (κ1) is 13.6. The molecule has 4 nitrogen and oxygen atoms in total. The molecular weight excluding hydrogens is 226 g/mol. The van der Waals surface area contributed by atoms with E-state index in [1.54, 1.807) is 6.20 Å². The Morgan fingerprint density at radius 1 is 1.39 bits per heavy atom. The van der Waals surface area contributed by atoms with Gasteiger partial charge in [0.2, 0.25) is 0 Å². The van der Waals surface area contributed by atoms with Crippen molar-refractivity contribution in [3.63, 3.8) is 0 Å². The topological polar surface area (TPSA) is 41.3 Å². The number of aromatic nitrogens is 2. The fraction of sp³-hybridized carbons (Fsp3) is 0.786. The zero-order valence-corrected chi connectivity index (χ0v) is 11.8. The number of nitrogens with zero attached hydrogens (tertiary/aromatic N) is 3. The lowest BCUT2D eigenvalue weighted by Gasteiger charge is -2.41. The van der Waals surface area contributed by atoms with Crippen LogP contribution in [0.3, 0.4) is 0 Å². The second kappa shape index (κ2) is 5.41. The molecule has 0 saturated carbocycles. The molecule has 0 aromatic carbocycles. The van der Waals surface area contributed by atoms with Crippen LogP contribution in [-0.2, 0) is 6.54 Å². The number of likely N-dealkylation sites (tertiary alicyclic amines) is 1. The van der Waals surface area contributed by atoms with Crippen molar-refractivity contribution < 1.29 is 5.11 Å². The minimum Gasteiger partial charge on any atom is -0.383 e. The molecule has 2 heterocycles. The molecule has 1 aliphatic heterocycles. The predicted molar refractivity (Wildman–Crippen MR) is 72.4 cm³/mol. The maximum atomic E-state index is 10.8. The molecule has 1 aromatic heterocycles. The molecule has 2 atom stereocenters. The maximum absolute atomic E-state index is 10.8. The van der Waals surface area contributed by atoms with Gasteiger partial charge in [0, 0.05) is 18.9 Å². The molecule has 2 unspecified atom stereocenters. The molecule has 0 aliphatic carbocycles. The Bertz CT molecular complexity index is 384. The van der Waals surface area contributed by atoms with E-state index in [2.05, 4.69) is 30.7 Å². The summed E-state index contributed by atoms with van der Waals surface area (Å²) in [5, 5.41) is 10.8. The average molecular weight is 251 g/mol. The van der Waals surface area contributed by atoms with Crippen LogP contribution in [0.2, 0.25) is 0 Å². The van der Waals surface area contributed by atoms with Crippen molar-refractivity contribution in [2.45, 2.75) is 58.2 Å². The second-order valence-electron chi connectivity index (χ2n) is 5.38. The third-order valence-electron chi connectivity index (χ3n) is 4.47.